The van der Waals surface area contributed by atoms with Crippen molar-refractivity contribution in [3.05, 3.63) is 28.7 Å². The first-order valence-electron chi connectivity index (χ1n) is 5.71. The molecule has 2 aromatic rings. The molecule has 0 aliphatic carbocycles. The minimum atomic E-state index is 0.485. The number of hydrogen-bond acceptors (Lipinski definition) is 5. The molecule has 0 saturated carbocycles. The normalized spacial score (nSPS) is 10.7. The number of anilines is 1. The highest BCUT2D eigenvalue weighted by Gasteiger charge is 2.09. The van der Waals surface area contributed by atoms with Crippen molar-refractivity contribution >= 4 is 17.4 Å². The Morgan fingerprint density at radius 1 is 1.33 bits per heavy atom. The molecule has 6 nitrogen and oxygen atoms in total. The lowest BCUT2D eigenvalue weighted by molar-refractivity contribution is 0.746. The SMILES string of the molecule is CCc1nc(Cl)c(C)c(NCc2ncn(C)n2)n1. The first-order valence-corrected chi connectivity index (χ1v) is 6.09. The lowest BCUT2D eigenvalue weighted by atomic mass is 10.3. The summed E-state index contributed by atoms with van der Waals surface area (Å²) < 4.78 is 1.66. The molecular weight excluding hydrogens is 252 g/mol. The van der Waals surface area contributed by atoms with Gasteiger partial charge >= 0.3 is 0 Å². The summed E-state index contributed by atoms with van der Waals surface area (Å²) in [5, 5.41) is 7.86. The molecule has 0 aliphatic rings. The molecule has 0 amide bonds. The summed E-state index contributed by atoms with van der Waals surface area (Å²) in [4.78, 5) is 12.7. The maximum absolute atomic E-state index is 6.06. The van der Waals surface area contributed by atoms with Crippen LogP contribution in [0.15, 0.2) is 6.33 Å². The molecule has 96 valence electrons. The lowest BCUT2D eigenvalue weighted by Crippen LogP contribution is -2.08. The van der Waals surface area contributed by atoms with E-state index < -0.39 is 0 Å². The zero-order chi connectivity index (χ0) is 13.1. The molecular formula is C11H15ClN6. The minimum Gasteiger partial charge on any atom is -0.362 e. The van der Waals surface area contributed by atoms with E-state index in [2.05, 4.69) is 25.4 Å². The van der Waals surface area contributed by atoms with E-state index in [9.17, 15) is 0 Å². The second kappa shape index (κ2) is 5.30. The van der Waals surface area contributed by atoms with Crippen LogP contribution in [0.3, 0.4) is 0 Å². The van der Waals surface area contributed by atoms with Gasteiger partial charge in [-0.25, -0.2) is 15.0 Å². The molecule has 0 radical (unpaired) electrons. The van der Waals surface area contributed by atoms with Crippen LogP contribution >= 0.6 is 11.6 Å². The highest BCUT2D eigenvalue weighted by atomic mass is 35.5. The first-order chi connectivity index (χ1) is 8.60. The Hall–Kier alpha value is -1.69. The van der Waals surface area contributed by atoms with Gasteiger partial charge in [0.05, 0.1) is 6.54 Å². The Labute approximate surface area is 110 Å². The predicted molar refractivity (Wildman–Crippen MR) is 69.5 cm³/mol. The summed E-state index contributed by atoms with van der Waals surface area (Å²) in [6.07, 6.45) is 2.41. The Balaban J connectivity index is 2.15. The van der Waals surface area contributed by atoms with Gasteiger partial charge in [0.1, 0.15) is 23.1 Å². The molecule has 0 unspecified atom stereocenters. The van der Waals surface area contributed by atoms with Gasteiger partial charge < -0.3 is 5.32 Å². The quantitative estimate of drug-likeness (QED) is 0.854. The van der Waals surface area contributed by atoms with Crippen molar-refractivity contribution in [3.8, 4) is 0 Å². The monoisotopic (exact) mass is 266 g/mol. The lowest BCUT2D eigenvalue weighted by Gasteiger charge is -2.09. The second-order valence-electron chi connectivity index (χ2n) is 3.95. The number of aryl methyl sites for hydroxylation is 2. The highest BCUT2D eigenvalue weighted by molar-refractivity contribution is 6.30. The van der Waals surface area contributed by atoms with Gasteiger partial charge in [0.2, 0.25) is 0 Å². The molecule has 0 fully saturated rings. The summed E-state index contributed by atoms with van der Waals surface area (Å²) in [6, 6.07) is 0. The molecule has 0 atom stereocenters. The Morgan fingerprint density at radius 3 is 2.72 bits per heavy atom. The number of hydrogen-bond donors (Lipinski definition) is 1. The van der Waals surface area contributed by atoms with Gasteiger partial charge in [-0.15, -0.1) is 0 Å². The number of rotatable bonds is 4. The topological polar surface area (TPSA) is 68.5 Å². The van der Waals surface area contributed by atoms with Gasteiger partial charge in [-0.3, -0.25) is 4.68 Å². The van der Waals surface area contributed by atoms with Crippen molar-refractivity contribution in [2.24, 2.45) is 7.05 Å². The van der Waals surface area contributed by atoms with Gasteiger partial charge in [0.25, 0.3) is 0 Å². The highest BCUT2D eigenvalue weighted by Crippen LogP contribution is 2.20. The molecule has 0 aliphatic heterocycles. The van der Waals surface area contributed by atoms with E-state index in [0.29, 0.717) is 17.5 Å². The molecule has 0 spiro atoms. The molecule has 2 rings (SSSR count). The zero-order valence-electron chi connectivity index (χ0n) is 10.6. The molecule has 0 aromatic carbocycles. The van der Waals surface area contributed by atoms with Crippen molar-refractivity contribution in [2.75, 3.05) is 5.32 Å². The maximum atomic E-state index is 6.06. The van der Waals surface area contributed by atoms with Crippen molar-refractivity contribution in [1.82, 2.24) is 24.7 Å². The van der Waals surface area contributed by atoms with Gasteiger partial charge in [0.15, 0.2) is 5.82 Å². The molecule has 0 saturated heterocycles. The fraction of sp³-hybridized carbons (Fsp3) is 0.455. The molecule has 0 bridgehead atoms. The summed E-state index contributed by atoms with van der Waals surface area (Å²) >= 11 is 6.06. The van der Waals surface area contributed by atoms with Crippen LogP contribution in [0.4, 0.5) is 5.82 Å². The van der Waals surface area contributed by atoms with Crippen LogP contribution in [-0.4, -0.2) is 24.7 Å². The van der Waals surface area contributed by atoms with Crippen molar-refractivity contribution < 1.29 is 0 Å². The van der Waals surface area contributed by atoms with Gasteiger partial charge in [-0.2, -0.15) is 5.10 Å². The first kappa shape index (κ1) is 12.8. The van der Waals surface area contributed by atoms with Crippen LogP contribution < -0.4 is 5.32 Å². The predicted octanol–water partition coefficient (Wildman–Crippen LogP) is 1.74. The Morgan fingerprint density at radius 2 is 2.11 bits per heavy atom. The summed E-state index contributed by atoms with van der Waals surface area (Å²) in [6.45, 7) is 4.39. The summed E-state index contributed by atoms with van der Waals surface area (Å²) in [5.41, 5.74) is 0.838. The largest absolute Gasteiger partial charge is 0.362 e. The molecule has 7 heteroatoms. The number of nitrogens with zero attached hydrogens (tertiary/aromatic N) is 5. The number of halogens is 1. The van der Waals surface area contributed by atoms with Crippen LogP contribution in [0, 0.1) is 6.92 Å². The van der Waals surface area contributed by atoms with Gasteiger partial charge in [0, 0.05) is 19.0 Å². The van der Waals surface area contributed by atoms with E-state index in [4.69, 9.17) is 11.6 Å². The van der Waals surface area contributed by atoms with Crippen molar-refractivity contribution in [2.45, 2.75) is 26.8 Å². The average molecular weight is 267 g/mol. The number of nitrogens with one attached hydrogen (secondary N) is 1. The van der Waals surface area contributed by atoms with E-state index in [1.54, 1.807) is 11.0 Å². The third-order valence-electron chi connectivity index (χ3n) is 2.51. The van der Waals surface area contributed by atoms with Crippen LogP contribution in [0.2, 0.25) is 5.15 Å². The van der Waals surface area contributed by atoms with E-state index in [1.165, 1.54) is 0 Å². The zero-order valence-corrected chi connectivity index (χ0v) is 11.4. The fourth-order valence-electron chi connectivity index (χ4n) is 1.49. The van der Waals surface area contributed by atoms with Crippen LogP contribution in [0.5, 0.6) is 0 Å². The molecule has 1 N–H and O–H groups in total. The van der Waals surface area contributed by atoms with Crippen LogP contribution in [-0.2, 0) is 20.0 Å². The Kier molecular flexibility index (Phi) is 3.76. The third kappa shape index (κ3) is 2.76. The van der Waals surface area contributed by atoms with E-state index in [0.717, 1.165) is 23.6 Å². The van der Waals surface area contributed by atoms with E-state index >= 15 is 0 Å². The molecule has 2 aromatic heterocycles. The van der Waals surface area contributed by atoms with Crippen LogP contribution in [0.1, 0.15) is 24.1 Å². The standard InChI is InChI=1S/C11H15ClN6/c1-4-8-15-10(12)7(2)11(16-8)13-5-9-14-6-18(3)17-9/h6H,4-5H2,1-3H3,(H,13,15,16). The van der Waals surface area contributed by atoms with Gasteiger partial charge in [-0.05, 0) is 6.92 Å². The summed E-state index contributed by atoms with van der Waals surface area (Å²) in [7, 11) is 1.83. The fourth-order valence-corrected chi connectivity index (χ4v) is 1.68. The second-order valence-corrected chi connectivity index (χ2v) is 4.30. The molecule has 18 heavy (non-hydrogen) atoms. The van der Waals surface area contributed by atoms with Crippen LogP contribution in [0.25, 0.3) is 0 Å². The maximum Gasteiger partial charge on any atom is 0.169 e. The average Bonchev–Trinajstić information content (AvgIpc) is 2.77. The third-order valence-corrected chi connectivity index (χ3v) is 2.88. The van der Waals surface area contributed by atoms with Crippen molar-refractivity contribution in [1.29, 1.82) is 0 Å². The van der Waals surface area contributed by atoms with E-state index in [-0.39, 0.29) is 0 Å². The minimum absolute atomic E-state index is 0.485. The van der Waals surface area contributed by atoms with Gasteiger partial charge in [-0.1, -0.05) is 18.5 Å². The van der Waals surface area contributed by atoms with E-state index in [1.807, 2.05) is 20.9 Å². The Bertz CT molecular complexity index is 550. The summed E-state index contributed by atoms with van der Waals surface area (Å²) in [5.74, 6) is 2.17. The smallest absolute Gasteiger partial charge is 0.169 e. The molecule has 2 heterocycles. The number of aromatic nitrogens is 5. The van der Waals surface area contributed by atoms with Crippen molar-refractivity contribution in [3.63, 3.8) is 0 Å².